The molecule has 1 aromatic heterocycles. The highest BCUT2D eigenvalue weighted by Gasteiger charge is 2.14. The third-order valence-electron chi connectivity index (χ3n) is 2.69. The molecule has 0 aliphatic heterocycles. The van der Waals surface area contributed by atoms with Gasteiger partial charge >= 0.3 is 0 Å². The fraction of sp³-hybridized carbons (Fsp3) is 0.286. The molecule has 7 heteroatoms. The lowest BCUT2D eigenvalue weighted by atomic mass is 10.3. The Kier molecular flexibility index (Phi) is 5.13. The zero-order valence-electron chi connectivity index (χ0n) is 11.9. The molecule has 21 heavy (non-hydrogen) atoms. The van der Waals surface area contributed by atoms with Crippen molar-refractivity contribution >= 4 is 17.2 Å². The van der Waals surface area contributed by atoms with Crippen molar-refractivity contribution in [1.82, 2.24) is 4.98 Å². The molecule has 0 saturated heterocycles. The van der Waals surface area contributed by atoms with Crippen LogP contribution in [0.2, 0.25) is 0 Å². The van der Waals surface area contributed by atoms with Crippen LogP contribution in [0.1, 0.15) is 15.6 Å². The molecule has 2 aromatic rings. The summed E-state index contributed by atoms with van der Waals surface area (Å²) in [6, 6.07) is 7.40. The molecule has 0 fully saturated rings. The number of benzene rings is 1. The average Bonchev–Trinajstić information content (AvgIpc) is 2.89. The summed E-state index contributed by atoms with van der Waals surface area (Å²) in [5, 5.41) is 8.29. The number of aromatic nitrogens is 1. The minimum Gasteiger partial charge on any atom is -0.493 e. The molecular formula is C14H17N3O3S. The van der Waals surface area contributed by atoms with Gasteiger partial charge in [-0.2, -0.15) is 0 Å². The number of rotatable bonds is 7. The van der Waals surface area contributed by atoms with Crippen molar-refractivity contribution in [1.29, 1.82) is 5.41 Å². The van der Waals surface area contributed by atoms with E-state index in [2.05, 4.69) is 4.98 Å². The Morgan fingerprint density at radius 1 is 1.24 bits per heavy atom. The molecule has 0 atom stereocenters. The Morgan fingerprint density at radius 3 is 2.57 bits per heavy atom. The normalized spacial score (nSPS) is 10.4. The fourth-order valence-corrected chi connectivity index (χ4v) is 2.63. The Balaban J connectivity index is 2.13. The van der Waals surface area contributed by atoms with Crippen LogP contribution in [-0.2, 0) is 18.0 Å². The van der Waals surface area contributed by atoms with Gasteiger partial charge in [-0.3, -0.25) is 5.41 Å². The van der Waals surface area contributed by atoms with E-state index in [1.165, 1.54) is 11.3 Å². The van der Waals surface area contributed by atoms with Gasteiger partial charge in [0.05, 0.1) is 24.3 Å². The van der Waals surface area contributed by atoms with Crippen LogP contribution in [0, 0.1) is 5.41 Å². The maximum atomic E-state index is 7.56. The van der Waals surface area contributed by atoms with Crippen LogP contribution in [0.25, 0.3) is 0 Å². The second-order valence-corrected chi connectivity index (χ2v) is 5.25. The van der Waals surface area contributed by atoms with E-state index in [4.69, 9.17) is 25.4 Å². The number of nitrogens with two attached hydrogens (primary N) is 1. The lowest BCUT2D eigenvalue weighted by Gasteiger charge is -2.08. The first-order valence-corrected chi connectivity index (χ1v) is 7.05. The molecule has 0 amide bonds. The first-order valence-electron chi connectivity index (χ1n) is 6.23. The standard InChI is InChI=1S/C14H17N3O3S/c1-18-7-9-13(14(15)16)21-12(17-9)8-20-11-6-4-3-5-10(11)19-2/h3-6H,7-8H2,1-2H3,(H3,15,16). The molecule has 0 aliphatic carbocycles. The molecule has 3 N–H and O–H groups in total. The number of nitrogens with one attached hydrogen (secondary N) is 1. The number of para-hydroxylation sites is 2. The van der Waals surface area contributed by atoms with Crippen molar-refractivity contribution in [2.75, 3.05) is 14.2 Å². The summed E-state index contributed by atoms with van der Waals surface area (Å²) in [4.78, 5) is 5.02. The van der Waals surface area contributed by atoms with E-state index < -0.39 is 0 Å². The average molecular weight is 307 g/mol. The molecule has 0 aliphatic rings. The van der Waals surface area contributed by atoms with Gasteiger partial charge in [-0.1, -0.05) is 12.1 Å². The summed E-state index contributed by atoms with van der Waals surface area (Å²) in [7, 11) is 3.17. The molecule has 112 valence electrons. The van der Waals surface area contributed by atoms with Gasteiger partial charge in [0.15, 0.2) is 11.5 Å². The Morgan fingerprint density at radius 2 is 1.95 bits per heavy atom. The predicted octanol–water partition coefficient (Wildman–Crippen LogP) is 2.16. The fourth-order valence-electron chi connectivity index (χ4n) is 1.79. The van der Waals surface area contributed by atoms with Crippen LogP contribution in [-0.4, -0.2) is 25.0 Å². The van der Waals surface area contributed by atoms with Crippen LogP contribution < -0.4 is 15.2 Å². The van der Waals surface area contributed by atoms with E-state index in [1.54, 1.807) is 14.2 Å². The number of ether oxygens (including phenoxy) is 3. The molecule has 6 nitrogen and oxygen atoms in total. The topological polar surface area (TPSA) is 90.5 Å². The zero-order valence-corrected chi connectivity index (χ0v) is 12.7. The van der Waals surface area contributed by atoms with Crippen molar-refractivity contribution in [2.24, 2.45) is 5.73 Å². The lowest BCUT2D eigenvalue weighted by molar-refractivity contribution is 0.181. The molecule has 1 heterocycles. The van der Waals surface area contributed by atoms with Crippen molar-refractivity contribution in [3.63, 3.8) is 0 Å². The molecule has 2 rings (SSSR count). The summed E-state index contributed by atoms with van der Waals surface area (Å²) < 4.78 is 16.0. The van der Waals surface area contributed by atoms with E-state index in [-0.39, 0.29) is 12.4 Å². The highest BCUT2D eigenvalue weighted by molar-refractivity contribution is 7.13. The predicted molar refractivity (Wildman–Crippen MR) is 81.2 cm³/mol. The van der Waals surface area contributed by atoms with Gasteiger partial charge < -0.3 is 19.9 Å². The summed E-state index contributed by atoms with van der Waals surface area (Å²) in [5.41, 5.74) is 6.21. The van der Waals surface area contributed by atoms with E-state index in [9.17, 15) is 0 Å². The molecular weight excluding hydrogens is 290 g/mol. The van der Waals surface area contributed by atoms with Crippen molar-refractivity contribution in [3.8, 4) is 11.5 Å². The van der Waals surface area contributed by atoms with Crippen molar-refractivity contribution < 1.29 is 14.2 Å². The molecule has 1 aromatic carbocycles. The zero-order chi connectivity index (χ0) is 15.2. The van der Waals surface area contributed by atoms with Crippen LogP contribution in [0.3, 0.4) is 0 Å². The number of hydrogen-bond acceptors (Lipinski definition) is 6. The number of nitrogens with zero attached hydrogens (tertiary/aromatic N) is 1. The van der Waals surface area contributed by atoms with Gasteiger partial charge in [-0.15, -0.1) is 11.3 Å². The van der Waals surface area contributed by atoms with E-state index in [0.29, 0.717) is 28.7 Å². The number of hydrogen-bond donors (Lipinski definition) is 2. The molecule has 0 radical (unpaired) electrons. The van der Waals surface area contributed by atoms with Crippen LogP contribution in [0.4, 0.5) is 0 Å². The van der Waals surface area contributed by atoms with E-state index >= 15 is 0 Å². The minimum absolute atomic E-state index is 0.0110. The largest absolute Gasteiger partial charge is 0.493 e. The summed E-state index contributed by atoms with van der Waals surface area (Å²) in [6.07, 6.45) is 0. The number of amidine groups is 1. The van der Waals surface area contributed by atoms with Gasteiger partial charge in [-0.05, 0) is 12.1 Å². The Labute approximate surface area is 127 Å². The quantitative estimate of drug-likeness (QED) is 0.604. The lowest BCUT2D eigenvalue weighted by Crippen LogP contribution is -2.11. The third kappa shape index (κ3) is 3.71. The minimum atomic E-state index is -0.0110. The number of thiazole rings is 1. The monoisotopic (exact) mass is 307 g/mol. The number of methoxy groups -OCH3 is 2. The van der Waals surface area contributed by atoms with E-state index in [0.717, 1.165) is 5.01 Å². The summed E-state index contributed by atoms with van der Waals surface area (Å²) >= 11 is 1.33. The first-order chi connectivity index (χ1) is 10.2. The smallest absolute Gasteiger partial charge is 0.161 e. The molecule has 0 bridgehead atoms. The van der Waals surface area contributed by atoms with Crippen LogP contribution >= 0.6 is 11.3 Å². The van der Waals surface area contributed by atoms with Crippen LogP contribution in [0.15, 0.2) is 24.3 Å². The van der Waals surface area contributed by atoms with Crippen molar-refractivity contribution in [3.05, 3.63) is 39.8 Å². The third-order valence-corrected chi connectivity index (χ3v) is 3.79. The maximum absolute atomic E-state index is 7.56. The van der Waals surface area contributed by atoms with Gasteiger partial charge in [0.25, 0.3) is 0 Å². The maximum Gasteiger partial charge on any atom is 0.161 e. The second-order valence-electron chi connectivity index (χ2n) is 4.17. The van der Waals surface area contributed by atoms with E-state index in [1.807, 2.05) is 24.3 Å². The van der Waals surface area contributed by atoms with Gasteiger partial charge in [0.1, 0.15) is 17.5 Å². The van der Waals surface area contributed by atoms with Crippen LogP contribution in [0.5, 0.6) is 11.5 Å². The molecule has 0 saturated carbocycles. The SMILES string of the molecule is COCc1nc(COc2ccccc2OC)sc1C(=N)N. The van der Waals surface area contributed by atoms with Gasteiger partial charge in [0, 0.05) is 7.11 Å². The van der Waals surface area contributed by atoms with Gasteiger partial charge in [0.2, 0.25) is 0 Å². The Bertz CT molecular complexity index is 628. The highest BCUT2D eigenvalue weighted by atomic mass is 32.1. The highest BCUT2D eigenvalue weighted by Crippen LogP contribution is 2.27. The second kappa shape index (κ2) is 7.05. The first kappa shape index (κ1) is 15.3. The molecule has 0 spiro atoms. The Hall–Kier alpha value is -2.12. The summed E-state index contributed by atoms with van der Waals surface area (Å²) in [6.45, 7) is 0.606. The number of nitrogen functional groups attached to an aromatic ring is 1. The van der Waals surface area contributed by atoms with Crippen molar-refractivity contribution in [2.45, 2.75) is 13.2 Å². The molecule has 0 unspecified atom stereocenters. The van der Waals surface area contributed by atoms with Gasteiger partial charge in [-0.25, -0.2) is 4.98 Å². The summed E-state index contributed by atoms with van der Waals surface area (Å²) in [5.74, 6) is 1.30.